The Morgan fingerprint density at radius 3 is 1.90 bits per heavy atom. The number of carbonyl (C=O) groups excluding carboxylic acids is 2. The van der Waals surface area contributed by atoms with Gasteiger partial charge in [0.2, 0.25) is 0 Å². The first-order valence-electron chi connectivity index (χ1n) is 9.70. The van der Waals surface area contributed by atoms with Crippen LogP contribution in [0.3, 0.4) is 0 Å². The number of esters is 1. The summed E-state index contributed by atoms with van der Waals surface area (Å²) in [6, 6.07) is 11.5. The third-order valence-corrected chi connectivity index (χ3v) is 4.34. The maximum Gasteiger partial charge on any atom is 0.416 e. The highest BCUT2D eigenvalue weighted by Crippen LogP contribution is 2.31. The van der Waals surface area contributed by atoms with Gasteiger partial charge in [0.25, 0.3) is 0 Å². The van der Waals surface area contributed by atoms with Crippen LogP contribution >= 0.6 is 0 Å². The van der Waals surface area contributed by atoms with Crippen LogP contribution in [0.25, 0.3) is 11.1 Å². The van der Waals surface area contributed by atoms with Crippen LogP contribution in [-0.2, 0) is 26.9 Å². The summed E-state index contributed by atoms with van der Waals surface area (Å²) in [5.41, 5.74) is 0.857. The second-order valence-corrected chi connectivity index (χ2v) is 8.10. The highest BCUT2D eigenvalue weighted by Gasteiger charge is 2.30. The minimum Gasteiger partial charge on any atom is -0.469 e. The SMILES string of the molecule is COC(=O)C[C@H](Cc1ccc(-c2ccc(C(F)(F)F)cc2)cc1)NC(=O)OC(C)(C)C. The zero-order valence-corrected chi connectivity index (χ0v) is 17.9. The van der Waals surface area contributed by atoms with Crippen LogP contribution in [0.15, 0.2) is 48.5 Å². The normalized spacial score (nSPS) is 12.7. The molecule has 5 nitrogen and oxygen atoms in total. The van der Waals surface area contributed by atoms with Gasteiger partial charge in [0.15, 0.2) is 0 Å². The molecule has 0 saturated heterocycles. The Bertz CT molecular complexity index is 885. The summed E-state index contributed by atoms with van der Waals surface area (Å²) < 4.78 is 48.1. The van der Waals surface area contributed by atoms with Crippen molar-refractivity contribution in [3.05, 3.63) is 59.7 Å². The number of methoxy groups -OCH3 is 1. The molecule has 0 aromatic heterocycles. The van der Waals surface area contributed by atoms with Gasteiger partial charge in [-0.15, -0.1) is 0 Å². The molecule has 2 rings (SSSR count). The van der Waals surface area contributed by atoms with Crippen molar-refractivity contribution in [2.45, 2.75) is 51.4 Å². The van der Waals surface area contributed by atoms with Crippen molar-refractivity contribution >= 4 is 12.1 Å². The average Bonchev–Trinajstić information content (AvgIpc) is 2.66. The van der Waals surface area contributed by atoms with E-state index in [0.29, 0.717) is 12.0 Å². The Balaban J connectivity index is 2.11. The topological polar surface area (TPSA) is 64.6 Å². The molecule has 1 amide bonds. The smallest absolute Gasteiger partial charge is 0.416 e. The number of rotatable bonds is 6. The molecular weight excluding hydrogens is 411 g/mol. The van der Waals surface area contributed by atoms with Crippen molar-refractivity contribution in [2.75, 3.05) is 7.11 Å². The minimum absolute atomic E-state index is 0.0314. The highest BCUT2D eigenvalue weighted by molar-refractivity contribution is 5.73. The lowest BCUT2D eigenvalue weighted by molar-refractivity contribution is -0.141. The summed E-state index contributed by atoms with van der Waals surface area (Å²) in [5, 5.41) is 2.69. The summed E-state index contributed by atoms with van der Waals surface area (Å²) in [6.45, 7) is 5.21. The number of alkyl carbamates (subject to hydrolysis) is 1. The Hall–Kier alpha value is -3.03. The fourth-order valence-corrected chi connectivity index (χ4v) is 2.90. The molecule has 31 heavy (non-hydrogen) atoms. The number of carbonyl (C=O) groups is 2. The van der Waals surface area contributed by atoms with Gasteiger partial charge in [0, 0.05) is 6.04 Å². The second-order valence-electron chi connectivity index (χ2n) is 8.10. The van der Waals surface area contributed by atoms with E-state index in [4.69, 9.17) is 9.47 Å². The van der Waals surface area contributed by atoms with Crippen molar-refractivity contribution in [3.8, 4) is 11.1 Å². The standard InChI is InChI=1S/C23H26F3NO4/c1-22(2,3)31-21(29)27-19(14-20(28)30-4)13-15-5-7-16(8-6-15)17-9-11-18(12-10-17)23(24,25)26/h5-12,19H,13-14H2,1-4H3,(H,27,29)/t19-/m0/s1. The van der Waals surface area contributed by atoms with Crippen molar-refractivity contribution in [2.24, 2.45) is 0 Å². The largest absolute Gasteiger partial charge is 0.469 e. The summed E-state index contributed by atoms with van der Waals surface area (Å²) in [5.74, 6) is -0.470. The molecule has 1 N–H and O–H groups in total. The monoisotopic (exact) mass is 437 g/mol. The number of hydrogen-bond acceptors (Lipinski definition) is 4. The van der Waals surface area contributed by atoms with Gasteiger partial charge in [-0.2, -0.15) is 13.2 Å². The number of nitrogens with one attached hydrogen (secondary N) is 1. The van der Waals surface area contributed by atoms with Gasteiger partial charge in [-0.1, -0.05) is 36.4 Å². The van der Waals surface area contributed by atoms with E-state index < -0.39 is 35.4 Å². The van der Waals surface area contributed by atoms with Gasteiger partial charge in [0.05, 0.1) is 19.1 Å². The molecule has 0 bridgehead atoms. The third kappa shape index (κ3) is 7.96. The van der Waals surface area contributed by atoms with Crippen LogP contribution in [0.2, 0.25) is 0 Å². The molecule has 2 aromatic rings. The molecular formula is C23H26F3NO4. The lowest BCUT2D eigenvalue weighted by Gasteiger charge is -2.23. The Kier molecular flexibility index (Phi) is 7.70. The molecule has 0 saturated carbocycles. The quantitative estimate of drug-likeness (QED) is 0.617. The lowest BCUT2D eigenvalue weighted by Crippen LogP contribution is -2.41. The molecule has 2 aromatic carbocycles. The maximum absolute atomic E-state index is 12.7. The molecule has 8 heteroatoms. The number of ether oxygens (including phenoxy) is 2. The van der Waals surface area contributed by atoms with E-state index in [1.165, 1.54) is 19.2 Å². The summed E-state index contributed by atoms with van der Waals surface area (Å²) >= 11 is 0. The van der Waals surface area contributed by atoms with Crippen LogP contribution in [0.4, 0.5) is 18.0 Å². The fraction of sp³-hybridized carbons (Fsp3) is 0.391. The fourth-order valence-electron chi connectivity index (χ4n) is 2.90. The number of amides is 1. The van der Waals surface area contributed by atoms with E-state index in [1.54, 1.807) is 45.0 Å². The van der Waals surface area contributed by atoms with Gasteiger partial charge in [-0.25, -0.2) is 4.79 Å². The highest BCUT2D eigenvalue weighted by atomic mass is 19.4. The predicted octanol–water partition coefficient (Wildman–Crippen LogP) is 5.37. The molecule has 0 aliphatic rings. The summed E-state index contributed by atoms with van der Waals surface area (Å²) in [7, 11) is 1.27. The van der Waals surface area contributed by atoms with Crippen LogP contribution in [0, 0.1) is 0 Å². The van der Waals surface area contributed by atoms with Gasteiger partial charge >= 0.3 is 18.2 Å². The zero-order chi connectivity index (χ0) is 23.2. The summed E-state index contributed by atoms with van der Waals surface area (Å²) in [4.78, 5) is 23.8. The van der Waals surface area contributed by atoms with Crippen molar-refractivity contribution in [1.29, 1.82) is 0 Å². The molecule has 168 valence electrons. The molecule has 0 fully saturated rings. The van der Waals surface area contributed by atoms with E-state index in [0.717, 1.165) is 23.3 Å². The van der Waals surface area contributed by atoms with Crippen molar-refractivity contribution in [3.63, 3.8) is 0 Å². The second kappa shape index (κ2) is 9.85. The molecule has 0 heterocycles. The number of halogens is 3. The van der Waals surface area contributed by atoms with Gasteiger partial charge < -0.3 is 14.8 Å². The first kappa shape index (κ1) is 24.2. The number of hydrogen-bond donors (Lipinski definition) is 1. The maximum atomic E-state index is 12.7. The Morgan fingerprint density at radius 2 is 1.45 bits per heavy atom. The van der Waals surface area contributed by atoms with E-state index in [1.807, 2.05) is 0 Å². The zero-order valence-electron chi connectivity index (χ0n) is 17.9. The van der Waals surface area contributed by atoms with Gasteiger partial charge in [0.1, 0.15) is 5.60 Å². The van der Waals surface area contributed by atoms with E-state index in [9.17, 15) is 22.8 Å². The van der Waals surface area contributed by atoms with Crippen LogP contribution in [0.1, 0.15) is 38.3 Å². The molecule has 0 unspecified atom stereocenters. The predicted molar refractivity (Wildman–Crippen MR) is 110 cm³/mol. The lowest BCUT2D eigenvalue weighted by atomic mass is 9.99. The first-order valence-corrected chi connectivity index (χ1v) is 9.70. The number of alkyl halides is 3. The summed E-state index contributed by atoms with van der Waals surface area (Å²) in [6.07, 6.45) is -4.70. The number of benzene rings is 2. The first-order chi connectivity index (χ1) is 14.4. The van der Waals surface area contributed by atoms with Crippen LogP contribution in [0.5, 0.6) is 0 Å². The molecule has 0 aliphatic heterocycles. The van der Waals surface area contributed by atoms with Crippen molar-refractivity contribution < 1.29 is 32.2 Å². The van der Waals surface area contributed by atoms with Crippen LogP contribution < -0.4 is 5.32 Å². The molecule has 0 spiro atoms. The Labute approximate surface area is 179 Å². The molecule has 0 aliphatic carbocycles. The molecule has 0 radical (unpaired) electrons. The van der Waals surface area contributed by atoms with Gasteiger partial charge in [-0.3, -0.25) is 4.79 Å². The van der Waals surface area contributed by atoms with E-state index >= 15 is 0 Å². The average molecular weight is 437 g/mol. The van der Waals surface area contributed by atoms with E-state index in [-0.39, 0.29) is 6.42 Å². The molecule has 1 atom stereocenters. The minimum atomic E-state index is -4.38. The van der Waals surface area contributed by atoms with Crippen LogP contribution in [-0.4, -0.2) is 30.8 Å². The third-order valence-electron chi connectivity index (χ3n) is 4.34. The van der Waals surface area contributed by atoms with E-state index in [2.05, 4.69) is 5.32 Å². The Morgan fingerprint density at radius 1 is 0.935 bits per heavy atom. The van der Waals surface area contributed by atoms with Crippen molar-refractivity contribution in [1.82, 2.24) is 5.32 Å². The van der Waals surface area contributed by atoms with Gasteiger partial charge in [-0.05, 0) is 56.0 Å².